The smallest absolute Gasteiger partial charge is 0.503 e. The van der Waals surface area contributed by atoms with Crippen molar-refractivity contribution in [2.45, 2.75) is 0 Å². The second kappa shape index (κ2) is 12.1. The Kier molecular flexibility index (Phi) is 6.99. The zero-order valence-corrected chi connectivity index (χ0v) is 30.6. The van der Waals surface area contributed by atoms with Gasteiger partial charge in [-0.2, -0.15) is 6.07 Å². The second-order valence-electron chi connectivity index (χ2n) is 13.6. The van der Waals surface area contributed by atoms with Gasteiger partial charge in [-0.1, -0.05) is 101 Å². The number of para-hydroxylation sites is 5. The molecule has 0 radical (unpaired) electrons. The van der Waals surface area contributed by atoms with Gasteiger partial charge in [-0.05, 0) is 65.4 Å². The van der Waals surface area contributed by atoms with Crippen LogP contribution in [0.1, 0.15) is 0 Å². The van der Waals surface area contributed by atoms with E-state index >= 15 is 0 Å². The fraction of sp³-hybridized carbons (Fsp3) is 0. The molecule has 0 aliphatic carbocycles. The van der Waals surface area contributed by atoms with Gasteiger partial charge in [0.15, 0.2) is 0 Å². The molecule has 0 fully saturated rings. The number of ether oxygens (including phenoxy) is 1. The van der Waals surface area contributed by atoms with E-state index in [2.05, 4.69) is 152 Å². The Morgan fingerprint density at radius 3 is 1.98 bits per heavy atom. The van der Waals surface area contributed by atoms with Crippen molar-refractivity contribution in [3.63, 3.8) is 0 Å². The fourth-order valence-electron chi connectivity index (χ4n) is 8.48. The molecule has 0 aliphatic rings. The van der Waals surface area contributed by atoms with Gasteiger partial charge in [0, 0.05) is 45.2 Å². The van der Waals surface area contributed by atoms with Crippen LogP contribution in [0.5, 0.6) is 11.5 Å². The Hall–Kier alpha value is -6.78. The third kappa shape index (κ3) is 4.58. The van der Waals surface area contributed by atoms with Crippen molar-refractivity contribution in [1.82, 2.24) is 23.5 Å². The van der Waals surface area contributed by atoms with Crippen LogP contribution in [0.2, 0.25) is 0 Å². The van der Waals surface area contributed by atoms with E-state index in [1.54, 1.807) is 0 Å². The molecule has 5 heterocycles. The van der Waals surface area contributed by atoms with Gasteiger partial charge in [-0.25, -0.2) is 4.98 Å². The maximum absolute atomic E-state index is 6.61. The van der Waals surface area contributed by atoms with Gasteiger partial charge in [0.2, 0.25) is 0 Å². The van der Waals surface area contributed by atoms with Gasteiger partial charge < -0.3 is 18.3 Å². The van der Waals surface area contributed by atoms with Crippen molar-refractivity contribution in [3.8, 4) is 23.0 Å². The predicted octanol–water partition coefficient (Wildman–Crippen LogP) is 11.8. The second-order valence-corrected chi connectivity index (χ2v) is 13.6. The van der Waals surface area contributed by atoms with Gasteiger partial charge in [0.25, 0.3) is 0 Å². The molecule has 12 aromatic rings. The average Bonchev–Trinajstić information content (AvgIpc) is 3.89. The maximum atomic E-state index is 6.61. The van der Waals surface area contributed by atoms with Crippen molar-refractivity contribution in [1.29, 1.82) is 0 Å². The summed E-state index contributed by atoms with van der Waals surface area (Å²) in [7, 11) is 0. The van der Waals surface area contributed by atoms with E-state index in [4.69, 9.17) is 9.72 Å². The van der Waals surface area contributed by atoms with E-state index in [0.717, 1.165) is 82.7 Å². The Balaban J connectivity index is 0.00000352. The van der Waals surface area contributed by atoms with Crippen LogP contribution in [0.15, 0.2) is 164 Å². The van der Waals surface area contributed by atoms with E-state index < -0.39 is 0 Å². The van der Waals surface area contributed by atoms with Crippen LogP contribution in [0.3, 0.4) is 0 Å². The summed E-state index contributed by atoms with van der Waals surface area (Å²) >= 11 is 0. The van der Waals surface area contributed by atoms with Gasteiger partial charge in [-0.3, -0.25) is 4.98 Å². The van der Waals surface area contributed by atoms with E-state index in [1.807, 2.05) is 42.6 Å². The molecule has 0 amide bonds. The van der Waals surface area contributed by atoms with Crippen LogP contribution in [-0.2, 0) is 20.4 Å². The number of rotatable bonds is 4. The molecule has 0 N–H and O–H groups in total. The predicted molar refractivity (Wildman–Crippen MR) is 218 cm³/mol. The minimum Gasteiger partial charge on any atom is -0.503 e. The summed E-state index contributed by atoms with van der Waals surface area (Å²) in [6, 6.07) is 61.9. The number of aromatic nitrogens is 5. The van der Waals surface area contributed by atoms with Crippen molar-refractivity contribution < 1.29 is 25.2 Å². The zero-order valence-electron chi connectivity index (χ0n) is 29.0. The quantitative estimate of drug-likeness (QED) is 0.101. The summed E-state index contributed by atoms with van der Waals surface area (Å²) in [5.41, 5.74) is 9.33. The minimum atomic E-state index is 0. The molecule has 0 atom stereocenters. The number of hydrogen-bond donors (Lipinski definition) is 0. The number of benzene rings is 7. The molecule has 0 bridgehead atoms. The number of hydrogen-bond acceptors (Lipinski definition) is 3. The molecule has 0 aliphatic heterocycles. The van der Waals surface area contributed by atoms with E-state index in [9.17, 15) is 0 Å². The van der Waals surface area contributed by atoms with Gasteiger partial charge >= 0.3 is 20.4 Å². The number of pyridine rings is 2. The normalized spacial score (nSPS) is 11.9. The minimum absolute atomic E-state index is 0. The first-order valence-corrected chi connectivity index (χ1v) is 18.0. The summed E-state index contributed by atoms with van der Waals surface area (Å²) in [4.78, 5) is 9.93. The van der Waals surface area contributed by atoms with Crippen molar-refractivity contribution in [2.75, 3.05) is 0 Å². The SMILES string of the molecule is [Pd+2].[c-]1c(Oc2[c-]c3c(cc2)c2ccccc2n3-c2ccccn2)ccc2c1c1nc3ccccc3n1c1c2ccc2c1c1ccccc1n2-c1ccccc1. The van der Waals surface area contributed by atoms with Gasteiger partial charge in [-0.15, -0.1) is 29.7 Å². The molecule has 0 saturated heterocycles. The molecule has 0 unspecified atom stereocenters. The van der Waals surface area contributed by atoms with Crippen molar-refractivity contribution in [3.05, 3.63) is 176 Å². The van der Waals surface area contributed by atoms with Gasteiger partial charge in [0.05, 0.1) is 27.7 Å². The van der Waals surface area contributed by atoms with Crippen LogP contribution < -0.4 is 4.74 Å². The summed E-state index contributed by atoms with van der Waals surface area (Å²) in [6.45, 7) is 0. The molecule has 5 aromatic heterocycles. The average molecular weight is 796 g/mol. The number of nitrogens with zero attached hydrogens (tertiary/aromatic N) is 5. The van der Waals surface area contributed by atoms with E-state index in [0.29, 0.717) is 11.5 Å². The van der Waals surface area contributed by atoms with Crippen LogP contribution in [0, 0.1) is 12.1 Å². The molecule has 0 spiro atoms. The number of fused-ring (bicyclic) bond motifs is 15. The Morgan fingerprint density at radius 1 is 0.491 bits per heavy atom. The Labute approximate surface area is 328 Å². The van der Waals surface area contributed by atoms with Gasteiger partial charge in [0.1, 0.15) is 5.82 Å². The monoisotopic (exact) mass is 795 g/mol. The number of imidazole rings is 1. The zero-order chi connectivity index (χ0) is 35.3. The molecule has 12 rings (SSSR count). The van der Waals surface area contributed by atoms with Crippen LogP contribution in [0.4, 0.5) is 0 Å². The summed E-state index contributed by atoms with van der Waals surface area (Å²) < 4.78 is 13.4. The van der Waals surface area contributed by atoms with E-state index in [1.165, 1.54) is 10.8 Å². The first-order chi connectivity index (χ1) is 26.8. The maximum Gasteiger partial charge on any atom is 2.00 e. The van der Waals surface area contributed by atoms with E-state index in [-0.39, 0.29) is 20.4 Å². The first-order valence-electron chi connectivity index (χ1n) is 18.0. The Morgan fingerprint density at radius 2 is 1.16 bits per heavy atom. The van der Waals surface area contributed by atoms with Crippen LogP contribution in [-0.4, -0.2) is 23.5 Å². The first kappa shape index (κ1) is 31.7. The molecule has 7 aromatic carbocycles. The van der Waals surface area contributed by atoms with Crippen molar-refractivity contribution in [2.24, 2.45) is 0 Å². The largest absolute Gasteiger partial charge is 2.00 e. The third-order valence-corrected chi connectivity index (χ3v) is 10.7. The standard InChI is InChI=1S/C48H27N5O.Pd/c1-2-12-30(13-3-1)51-41-18-8-5-15-37(41)46-43(51)26-25-36-33-23-21-31(28-38(33)48-50-39-16-6-9-19-42(39)53(48)47(36)46)54-32-22-24-35-34-14-4-7-17-40(34)52(44(35)29-32)45-20-10-11-27-49-45;/h1-27H;/q-2;+2. The van der Waals surface area contributed by atoms with Crippen molar-refractivity contribution >= 4 is 82.0 Å². The molecule has 6 nitrogen and oxygen atoms in total. The van der Waals surface area contributed by atoms with Crippen LogP contribution >= 0.6 is 0 Å². The summed E-state index contributed by atoms with van der Waals surface area (Å²) in [5.74, 6) is 2.02. The fourth-order valence-corrected chi connectivity index (χ4v) is 8.48. The topological polar surface area (TPSA) is 49.3 Å². The summed E-state index contributed by atoms with van der Waals surface area (Å²) in [6.07, 6.45) is 1.82. The third-order valence-electron chi connectivity index (χ3n) is 10.7. The molecule has 55 heavy (non-hydrogen) atoms. The van der Waals surface area contributed by atoms with Crippen LogP contribution in [0.25, 0.3) is 93.5 Å². The molecular formula is C48H27N5OPd. The Bertz CT molecular complexity index is 3470. The molecule has 0 saturated carbocycles. The molecule has 260 valence electrons. The summed E-state index contributed by atoms with van der Waals surface area (Å²) in [5, 5.41) is 7.69. The molecular weight excluding hydrogens is 769 g/mol. The molecule has 7 heteroatoms.